The number of amides is 1. The number of anilines is 1. The lowest BCUT2D eigenvalue weighted by Gasteiger charge is -2.19. The van der Waals surface area contributed by atoms with Gasteiger partial charge in [0.15, 0.2) is 11.0 Å². The predicted molar refractivity (Wildman–Crippen MR) is 155 cm³/mol. The van der Waals surface area contributed by atoms with Crippen molar-refractivity contribution in [3.05, 3.63) is 57.1 Å². The summed E-state index contributed by atoms with van der Waals surface area (Å²) < 4.78 is 7.16. The zero-order valence-corrected chi connectivity index (χ0v) is 24.1. The van der Waals surface area contributed by atoms with E-state index in [1.807, 2.05) is 47.0 Å². The van der Waals surface area contributed by atoms with Crippen LogP contribution < -0.4 is 5.32 Å². The Balaban J connectivity index is 1.33. The molecule has 3 aromatic heterocycles. The van der Waals surface area contributed by atoms with E-state index in [0.29, 0.717) is 10.6 Å². The molecule has 5 rings (SSSR count). The van der Waals surface area contributed by atoms with Crippen molar-refractivity contribution in [2.45, 2.75) is 51.2 Å². The first-order valence-electron chi connectivity index (χ1n) is 12.7. The van der Waals surface area contributed by atoms with Gasteiger partial charge in [-0.15, -0.1) is 32.9 Å². The molecule has 0 spiro atoms. The van der Waals surface area contributed by atoms with Gasteiger partial charge >= 0.3 is 5.97 Å². The molecule has 198 valence electrons. The Labute approximate surface area is 234 Å². The van der Waals surface area contributed by atoms with Gasteiger partial charge < -0.3 is 14.6 Å². The van der Waals surface area contributed by atoms with E-state index < -0.39 is 5.97 Å². The summed E-state index contributed by atoms with van der Waals surface area (Å²) >= 11 is 4.50. The molecule has 1 amide bonds. The van der Waals surface area contributed by atoms with Gasteiger partial charge in [-0.25, -0.2) is 4.79 Å². The van der Waals surface area contributed by atoms with Crippen LogP contribution in [0.3, 0.4) is 0 Å². The van der Waals surface area contributed by atoms with Crippen LogP contribution in [-0.4, -0.2) is 39.5 Å². The lowest BCUT2D eigenvalue weighted by atomic mass is 9.88. The van der Waals surface area contributed by atoms with Gasteiger partial charge in [0.25, 0.3) is 0 Å². The van der Waals surface area contributed by atoms with Gasteiger partial charge in [0.1, 0.15) is 10.6 Å². The summed E-state index contributed by atoms with van der Waals surface area (Å²) in [7, 11) is 1.35. The summed E-state index contributed by atoms with van der Waals surface area (Å²) in [5, 5.41) is 17.2. The SMILES string of the molecule is CCCn1c(SCC(=O)Nc2scc(-c3ccccc3)c2C(=O)OC)nnc1-c1csc2c1CCC(C)C2. The van der Waals surface area contributed by atoms with Gasteiger partial charge in [-0.3, -0.25) is 4.79 Å². The molecule has 0 saturated heterocycles. The summed E-state index contributed by atoms with van der Waals surface area (Å²) in [4.78, 5) is 27.1. The average Bonchev–Trinajstić information content (AvgIpc) is 3.64. The molecule has 0 fully saturated rings. The fraction of sp³-hybridized carbons (Fsp3) is 0.357. The number of carbonyl (C=O) groups excluding carboxylic acids is 2. The van der Waals surface area contributed by atoms with Crippen molar-refractivity contribution in [2.75, 3.05) is 18.2 Å². The van der Waals surface area contributed by atoms with Crippen LogP contribution >= 0.6 is 34.4 Å². The fourth-order valence-electron chi connectivity index (χ4n) is 4.76. The van der Waals surface area contributed by atoms with E-state index in [9.17, 15) is 9.59 Å². The number of nitrogens with one attached hydrogen (secondary N) is 1. The maximum Gasteiger partial charge on any atom is 0.341 e. The van der Waals surface area contributed by atoms with Crippen molar-refractivity contribution < 1.29 is 14.3 Å². The molecule has 0 saturated carbocycles. The Kier molecular flexibility index (Phi) is 8.30. The molecule has 1 atom stereocenters. The van der Waals surface area contributed by atoms with E-state index >= 15 is 0 Å². The molecule has 10 heteroatoms. The Hall–Kier alpha value is -2.95. The molecule has 1 N–H and O–H groups in total. The number of benzene rings is 1. The number of thiophene rings is 2. The largest absolute Gasteiger partial charge is 0.465 e. The number of rotatable bonds is 9. The van der Waals surface area contributed by atoms with Gasteiger partial charge in [-0.05, 0) is 42.7 Å². The summed E-state index contributed by atoms with van der Waals surface area (Å²) in [5.41, 5.74) is 4.60. The van der Waals surface area contributed by atoms with Crippen LogP contribution in [0.25, 0.3) is 22.5 Å². The quantitative estimate of drug-likeness (QED) is 0.177. The van der Waals surface area contributed by atoms with Crippen LogP contribution in [0.4, 0.5) is 5.00 Å². The van der Waals surface area contributed by atoms with Gasteiger partial charge in [0.05, 0.1) is 12.9 Å². The number of esters is 1. The van der Waals surface area contributed by atoms with Crippen molar-refractivity contribution in [3.63, 3.8) is 0 Å². The zero-order valence-electron chi connectivity index (χ0n) is 21.7. The number of thioether (sulfide) groups is 1. The number of hydrogen-bond acceptors (Lipinski definition) is 8. The summed E-state index contributed by atoms with van der Waals surface area (Å²) in [6.07, 6.45) is 4.34. The summed E-state index contributed by atoms with van der Waals surface area (Å²) in [5.74, 6) is 1.07. The molecule has 7 nitrogen and oxygen atoms in total. The molecular weight excluding hydrogens is 537 g/mol. The van der Waals surface area contributed by atoms with E-state index in [2.05, 4.69) is 39.3 Å². The van der Waals surface area contributed by atoms with E-state index in [0.717, 1.165) is 53.8 Å². The monoisotopic (exact) mass is 566 g/mol. The summed E-state index contributed by atoms with van der Waals surface area (Å²) in [6.45, 7) is 5.23. The molecular formula is C28H30N4O3S3. The molecule has 0 radical (unpaired) electrons. The third-order valence-corrected chi connectivity index (χ3v) is 9.57. The second kappa shape index (κ2) is 11.8. The Morgan fingerprint density at radius 2 is 1.95 bits per heavy atom. The molecule has 1 aromatic carbocycles. The second-order valence-electron chi connectivity index (χ2n) is 9.40. The van der Waals surface area contributed by atoms with Crippen LogP contribution in [0.5, 0.6) is 0 Å². The predicted octanol–water partition coefficient (Wildman–Crippen LogP) is 6.79. The third kappa shape index (κ3) is 5.43. The maximum absolute atomic E-state index is 13.0. The van der Waals surface area contributed by atoms with Crippen molar-refractivity contribution in [1.82, 2.24) is 14.8 Å². The lowest BCUT2D eigenvalue weighted by Crippen LogP contribution is -2.16. The van der Waals surface area contributed by atoms with Gasteiger partial charge in [0, 0.05) is 33.3 Å². The van der Waals surface area contributed by atoms with E-state index in [-0.39, 0.29) is 11.7 Å². The minimum absolute atomic E-state index is 0.153. The number of methoxy groups -OCH3 is 1. The smallest absolute Gasteiger partial charge is 0.341 e. The van der Waals surface area contributed by atoms with E-state index in [1.54, 1.807) is 0 Å². The number of aromatic nitrogens is 3. The van der Waals surface area contributed by atoms with Gasteiger partial charge in [0.2, 0.25) is 5.91 Å². The summed E-state index contributed by atoms with van der Waals surface area (Å²) in [6, 6.07) is 9.61. The highest BCUT2D eigenvalue weighted by molar-refractivity contribution is 7.99. The fourth-order valence-corrected chi connectivity index (χ4v) is 7.74. The Morgan fingerprint density at radius 3 is 2.71 bits per heavy atom. The van der Waals surface area contributed by atoms with Crippen molar-refractivity contribution in [2.24, 2.45) is 5.92 Å². The van der Waals surface area contributed by atoms with Crippen molar-refractivity contribution in [3.8, 4) is 22.5 Å². The topological polar surface area (TPSA) is 86.1 Å². The van der Waals surface area contributed by atoms with E-state index in [4.69, 9.17) is 4.74 Å². The number of hydrogen-bond donors (Lipinski definition) is 1. The standard InChI is InChI=1S/C28H30N4O3S3/c1-4-12-32-25(21-15-36-22-13-17(2)10-11-19(21)22)30-31-28(32)38-16-23(33)29-26-24(27(34)35-3)20(14-37-26)18-8-6-5-7-9-18/h5-9,14-15,17H,4,10-13,16H2,1-3H3,(H,29,33). The first kappa shape index (κ1) is 26.6. The van der Waals surface area contributed by atoms with Crippen LogP contribution in [0.1, 0.15) is 47.5 Å². The minimum Gasteiger partial charge on any atom is -0.465 e. The molecule has 0 aliphatic heterocycles. The molecule has 3 heterocycles. The van der Waals surface area contributed by atoms with E-state index in [1.165, 1.54) is 52.6 Å². The lowest BCUT2D eigenvalue weighted by molar-refractivity contribution is -0.113. The maximum atomic E-state index is 13.0. The Morgan fingerprint density at radius 1 is 1.16 bits per heavy atom. The first-order chi connectivity index (χ1) is 18.5. The number of carbonyl (C=O) groups is 2. The third-order valence-electron chi connectivity index (χ3n) is 6.66. The molecule has 1 unspecified atom stereocenters. The highest BCUT2D eigenvalue weighted by Gasteiger charge is 2.25. The highest BCUT2D eigenvalue weighted by Crippen LogP contribution is 2.39. The normalized spacial score (nSPS) is 14.8. The van der Waals surface area contributed by atoms with Crippen molar-refractivity contribution >= 4 is 51.3 Å². The highest BCUT2D eigenvalue weighted by atomic mass is 32.2. The van der Waals surface area contributed by atoms with Gasteiger partial charge in [-0.2, -0.15) is 0 Å². The number of nitrogens with zero attached hydrogens (tertiary/aromatic N) is 3. The van der Waals surface area contributed by atoms with Crippen LogP contribution in [0.2, 0.25) is 0 Å². The Bertz CT molecular complexity index is 1440. The second-order valence-corrected chi connectivity index (χ2v) is 12.2. The van der Waals surface area contributed by atoms with Gasteiger partial charge in [-0.1, -0.05) is 55.9 Å². The molecule has 38 heavy (non-hydrogen) atoms. The molecule has 1 aliphatic rings. The molecule has 0 bridgehead atoms. The number of fused-ring (bicyclic) bond motifs is 1. The van der Waals surface area contributed by atoms with Crippen LogP contribution in [0.15, 0.2) is 46.2 Å². The average molecular weight is 567 g/mol. The van der Waals surface area contributed by atoms with Crippen LogP contribution in [0, 0.1) is 5.92 Å². The molecule has 4 aromatic rings. The minimum atomic E-state index is -0.478. The zero-order chi connectivity index (χ0) is 26.6. The first-order valence-corrected chi connectivity index (χ1v) is 15.4. The molecule has 1 aliphatic carbocycles. The number of ether oxygens (including phenoxy) is 1. The van der Waals surface area contributed by atoms with Crippen LogP contribution in [-0.2, 0) is 28.9 Å². The van der Waals surface area contributed by atoms with Crippen molar-refractivity contribution in [1.29, 1.82) is 0 Å².